The number of amides is 1. The van der Waals surface area contributed by atoms with Crippen molar-refractivity contribution in [1.29, 1.82) is 0 Å². The van der Waals surface area contributed by atoms with Crippen molar-refractivity contribution in [3.05, 3.63) is 0 Å². The molecule has 0 aromatic heterocycles. The largest absolute Gasteiger partial charge is 0.354 e. The smallest absolute Gasteiger partial charge is 0.217 e. The van der Waals surface area contributed by atoms with Crippen molar-refractivity contribution < 1.29 is 4.79 Å². The lowest BCUT2D eigenvalue weighted by molar-refractivity contribution is -0.119. The van der Waals surface area contributed by atoms with Crippen molar-refractivity contribution in [3.8, 4) is 0 Å². The van der Waals surface area contributed by atoms with Gasteiger partial charge in [0.05, 0.1) is 0 Å². The highest BCUT2D eigenvalue weighted by molar-refractivity contribution is 5.73. The molecule has 0 aliphatic heterocycles. The van der Waals surface area contributed by atoms with Crippen molar-refractivity contribution in [2.24, 2.45) is 5.92 Å². The van der Waals surface area contributed by atoms with Crippen LogP contribution in [0.2, 0.25) is 0 Å². The van der Waals surface area contributed by atoms with Crippen LogP contribution in [0, 0.1) is 5.92 Å². The Labute approximate surface area is 63.0 Å². The molecule has 0 aliphatic rings. The molecule has 0 aromatic carbocycles. The second-order valence-corrected chi connectivity index (χ2v) is 2.87. The van der Waals surface area contributed by atoms with Crippen LogP contribution in [0.15, 0.2) is 0 Å². The van der Waals surface area contributed by atoms with Crippen molar-refractivity contribution >= 4 is 5.91 Å². The molecule has 0 bridgehead atoms. The van der Waals surface area contributed by atoms with Crippen molar-refractivity contribution in [2.45, 2.75) is 40.2 Å². The van der Waals surface area contributed by atoms with E-state index in [1.54, 1.807) is 6.92 Å². The van der Waals surface area contributed by atoms with Crippen LogP contribution in [0.4, 0.5) is 0 Å². The molecule has 0 radical (unpaired) electrons. The number of carbonyl (C=O) groups is 1. The van der Waals surface area contributed by atoms with E-state index >= 15 is 0 Å². The molecule has 1 amide bonds. The van der Waals surface area contributed by atoms with Crippen LogP contribution in [0.1, 0.15) is 34.1 Å². The summed E-state index contributed by atoms with van der Waals surface area (Å²) in [6.07, 6.45) is 1.11. The monoisotopic (exact) mass is 143 g/mol. The molecule has 60 valence electrons. The second kappa shape index (κ2) is 4.31. The van der Waals surface area contributed by atoms with Crippen molar-refractivity contribution in [2.75, 3.05) is 0 Å². The van der Waals surface area contributed by atoms with Gasteiger partial charge in [0.1, 0.15) is 0 Å². The van der Waals surface area contributed by atoms with E-state index in [9.17, 15) is 4.79 Å². The topological polar surface area (TPSA) is 29.1 Å². The molecular weight excluding hydrogens is 126 g/mol. The summed E-state index contributed by atoms with van der Waals surface area (Å²) < 4.78 is 0. The van der Waals surface area contributed by atoms with Crippen LogP contribution < -0.4 is 5.32 Å². The van der Waals surface area contributed by atoms with Crippen LogP contribution in [0.25, 0.3) is 0 Å². The van der Waals surface area contributed by atoms with Crippen LogP contribution in [-0.4, -0.2) is 11.9 Å². The molecule has 0 heterocycles. The predicted molar refractivity (Wildman–Crippen MR) is 42.7 cm³/mol. The van der Waals surface area contributed by atoms with Gasteiger partial charge in [-0.2, -0.15) is 0 Å². The van der Waals surface area contributed by atoms with E-state index in [1.165, 1.54) is 0 Å². The molecule has 0 saturated carbocycles. The van der Waals surface area contributed by atoms with E-state index in [0.717, 1.165) is 6.42 Å². The third-order valence-corrected chi connectivity index (χ3v) is 1.93. The van der Waals surface area contributed by atoms with Gasteiger partial charge in [0.15, 0.2) is 0 Å². The lowest BCUT2D eigenvalue weighted by atomic mass is 10.0. The number of nitrogens with one attached hydrogen (secondary N) is 1. The SMILES string of the molecule is CCC(C)[C@H](C)NC(C)=O. The lowest BCUT2D eigenvalue weighted by Gasteiger charge is -2.18. The Morgan fingerprint density at radius 2 is 2.00 bits per heavy atom. The van der Waals surface area contributed by atoms with Gasteiger partial charge in [-0.15, -0.1) is 0 Å². The van der Waals surface area contributed by atoms with Crippen molar-refractivity contribution in [1.82, 2.24) is 5.32 Å². The highest BCUT2D eigenvalue weighted by Gasteiger charge is 2.09. The van der Waals surface area contributed by atoms with Gasteiger partial charge in [-0.1, -0.05) is 20.3 Å². The molecule has 0 fully saturated rings. The molecule has 1 N–H and O–H groups in total. The molecule has 0 saturated heterocycles. The third kappa shape index (κ3) is 3.49. The summed E-state index contributed by atoms with van der Waals surface area (Å²) in [7, 11) is 0. The van der Waals surface area contributed by atoms with Gasteiger partial charge in [-0.05, 0) is 12.8 Å². The standard InChI is InChI=1S/C8H17NO/c1-5-6(2)7(3)9-8(4)10/h6-7H,5H2,1-4H3,(H,9,10)/t6?,7-/m0/s1. The molecule has 2 nitrogen and oxygen atoms in total. The number of carbonyl (C=O) groups excluding carboxylic acids is 1. The fraction of sp³-hybridized carbons (Fsp3) is 0.875. The fourth-order valence-corrected chi connectivity index (χ4v) is 0.816. The Bertz CT molecular complexity index is 112. The Hall–Kier alpha value is -0.530. The van der Waals surface area contributed by atoms with E-state index in [-0.39, 0.29) is 5.91 Å². The summed E-state index contributed by atoms with van der Waals surface area (Å²) in [6, 6.07) is 0.308. The highest BCUT2D eigenvalue weighted by atomic mass is 16.1. The average molecular weight is 143 g/mol. The van der Waals surface area contributed by atoms with Gasteiger partial charge >= 0.3 is 0 Å². The highest BCUT2D eigenvalue weighted by Crippen LogP contribution is 2.05. The van der Waals surface area contributed by atoms with Crippen LogP contribution in [-0.2, 0) is 4.79 Å². The molecule has 0 aliphatic carbocycles. The van der Waals surface area contributed by atoms with E-state index in [4.69, 9.17) is 0 Å². The minimum Gasteiger partial charge on any atom is -0.354 e. The van der Waals surface area contributed by atoms with E-state index in [1.807, 2.05) is 6.92 Å². The van der Waals surface area contributed by atoms with Gasteiger partial charge in [-0.25, -0.2) is 0 Å². The maximum Gasteiger partial charge on any atom is 0.217 e. The summed E-state index contributed by atoms with van der Waals surface area (Å²) in [6.45, 7) is 7.86. The van der Waals surface area contributed by atoms with Gasteiger partial charge in [0.25, 0.3) is 0 Å². The minimum atomic E-state index is 0.0628. The molecule has 1 unspecified atom stereocenters. The zero-order valence-electron chi connectivity index (χ0n) is 7.27. The summed E-state index contributed by atoms with van der Waals surface area (Å²) in [5, 5.41) is 2.85. The summed E-state index contributed by atoms with van der Waals surface area (Å²) in [5.74, 6) is 0.636. The van der Waals surface area contributed by atoms with Crippen LogP contribution >= 0.6 is 0 Å². The Morgan fingerprint density at radius 1 is 1.50 bits per heavy atom. The zero-order valence-corrected chi connectivity index (χ0v) is 7.27. The molecule has 10 heavy (non-hydrogen) atoms. The molecular formula is C8H17NO. The first-order chi connectivity index (χ1) is 4.57. The van der Waals surface area contributed by atoms with E-state index in [2.05, 4.69) is 19.2 Å². The number of hydrogen-bond donors (Lipinski definition) is 1. The van der Waals surface area contributed by atoms with Crippen LogP contribution in [0.3, 0.4) is 0 Å². The quantitative estimate of drug-likeness (QED) is 0.638. The van der Waals surface area contributed by atoms with Gasteiger partial charge in [0.2, 0.25) is 5.91 Å². The Kier molecular flexibility index (Phi) is 4.08. The van der Waals surface area contributed by atoms with E-state index in [0.29, 0.717) is 12.0 Å². The molecule has 2 atom stereocenters. The molecule has 0 rings (SSSR count). The lowest BCUT2D eigenvalue weighted by Crippen LogP contribution is -2.35. The van der Waals surface area contributed by atoms with Gasteiger partial charge in [0, 0.05) is 13.0 Å². The van der Waals surface area contributed by atoms with Gasteiger partial charge < -0.3 is 5.32 Å². The predicted octanol–water partition coefficient (Wildman–Crippen LogP) is 1.56. The first-order valence-corrected chi connectivity index (χ1v) is 3.85. The summed E-state index contributed by atoms with van der Waals surface area (Å²) in [4.78, 5) is 10.6. The Balaban J connectivity index is 3.61. The third-order valence-electron chi connectivity index (χ3n) is 1.93. The molecule has 0 aromatic rings. The summed E-state index contributed by atoms with van der Waals surface area (Å²) >= 11 is 0. The maximum atomic E-state index is 10.6. The normalized spacial score (nSPS) is 16.0. The fourth-order valence-electron chi connectivity index (χ4n) is 0.816. The first-order valence-electron chi connectivity index (χ1n) is 3.85. The average Bonchev–Trinajstić information content (AvgIpc) is 1.85. The second-order valence-electron chi connectivity index (χ2n) is 2.87. The molecule has 2 heteroatoms. The van der Waals surface area contributed by atoms with Crippen LogP contribution in [0.5, 0.6) is 0 Å². The van der Waals surface area contributed by atoms with Gasteiger partial charge in [-0.3, -0.25) is 4.79 Å². The number of rotatable bonds is 3. The minimum absolute atomic E-state index is 0.0628. The summed E-state index contributed by atoms with van der Waals surface area (Å²) in [5.41, 5.74) is 0. The van der Waals surface area contributed by atoms with Crippen molar-refractivity contribution in [3.63, 3.8) is 0 Å². The molecule has 0 spiro atoms. The Morgan fingerprint density at radius 3 is 2.30 bits per heavy atom. The first kappa shape index (κ1) is 9.47. The van der Waals surface area contributed by atoms with E-state index < -0.39 is 0 Å². The number of hydrogen-bond acceptors (Lipinski definition) is 1. The zero-order chi connectivity index (χ0) is 8.15. The maximum absolute atomic E-state index is 10.6.